The molecule has 2 heteroatoms. The monoisotopic (exact) mass is 212 g/mol. The lowest BCUT2D eigenvalue weighted by atomic mass is 10.1. The van der Waals surface area contributed by atoms with Crippen molar-refractivity contribution in [1.29, 1.82) is 0 Å². The Hall–Kier alpha value is -0.0800. The summed E-state index contributed by atoms with van der Waals surface area (Å²) in [6, 6.07) is 1.64. The fourth-order valence-electron chi connectivity index (χ4n) is 2.16. The number of nitrogens with zero attached hydrogens (tertiary/aromatic N) is 1. The molecule has 0 radical (unpaired) electrons. The lowest BCUT2D eigenvalue weighted by molar-refractivity contribution is 0.178. The number of hydrogen-bond acceptors (Lipinski definition) is 2. The fraction of sp³-hybridized carbons (Fsp3) is 1.00. The Labute approximate surface area is 95.2 Å². The Balaban J connectivity index is 2.28. The highest BCUT2D eigenvalue weighted by atomic mass is 15.2. The van der Waals surface area contributed by atoms with Gasteiger partial charge < -0.3 is 5.73 Å². The molecule has 0 spiro atoms. The highest BCUT2D eigenvalue weighted by molar-refractivity contribution is 4.87. The van der Waals surface area contributed by atoms with Crippen LogP contribution < -0.4 is 5.73 Å². The van der Waals surface area contributed by atoms with E-state index in [1.807, 2.05) is 0 Å². The zero-order valence-corrected chi connectivity index (χ0v) is 10.7. The topological polar surface area (TPSA) is 29.3 Å². The Morgan fingerprint density at radius 3 is 2.33 bits per heavy atom. The quantitative estimate of drug-likeness (QED) is 0.670. The summed E-state index contributed by atoms with van der Waals surface area (Å²) in [5, 5.41) is 0. The number of hydrogen-bond donors (Lipinski definition) is 1. The third-order valence-corrected chi connectivity index (χ3v) is 3.37. The minimum atomic E-state index is 0.736. The van der Waals surface area contributed by atoms with Gasteiger partial charge in [0.1, 0.15) is 0 Å². The van der Waals surface area contributed by atoms with E-state index in [0.717, 1.165) is 24.5 Å². The van der Waals surface area contributed by atoms with Gasteiger partial charge in [0, 0.05) is 12.1 Å². The summed E-state index contributed by atoms with van der Waals surface area (Å²) in [6.45, 7) is 9.13. The van der Waals surface area contributed by atoms with Gasteiger partial charge in [-0.2, -0.15) is 0 Å². The first-order valence-corrected chi connectivity index (χ1v) is 6.61. The summed E-state index contributed by atoms with van der Waals surface area (Å²) in [5.41, 5.74) is 5.57. The minimum absolute atomic E-state index is 0.736. The molecule has 1 fully saturated rings. The average molecular weight is 212 g/mol. The predicted octanol–water partition coefficient (Wildman–Crippen LogP) is 2.62. The molecule has 2 N–H and O–H groups in total. The second-order valence-electron chi connectivity index (χ2n) is 5.43. The Bertz CT molecular complexity index is 164. The highest BCUT2D eigenvalue weighted by Gasteiger charge is 2.31. The molecule has 1 atom stereocenters. The normalized spacial score (nSPS) is 18.8. The molecule has 0 aromatic carbocycles. The Kier molecular flexibility index (Phi) is 5.62. The van der Waals surface area contributed by atoms with E-state index in [1.54, 1.807) is 0 Å². The number of nitrogens with two attached hydrogens (primary N) is 1. The van der Waals surface area contributed by atoms with Crippen LogP contribution in [-0.2, 0) is 0 Å². The molecule has 0 heterocycles. The molecule has 1 unspecified atom stereocenters. The first-order chi connectivity index (χ1) is 7.15. The summed E-state index contributed by atoms with van der Waals surface area (Å²) in [5.74, 6) is 0.827. The van der Waals surface area contributed by atoms with Gasteiger partial charge in [-0.25, -0.2) is 0 Å². The van der Waals surface area contributed by atoms with Crippen molar-refractivity contribution in [2.45, 2.75) is 65.0 Å². The zero-order valence-electron chi connectivity index (χ0n) is 10.7. The van der Waals surface area contributed by atoms with Gasteiger partial charge in [0.15, 0.2) is 0 Å². The van der Waals surface area contributed by atoms with E-state index in [4.69, 9.17) is 5.73 Å². The van der Waals surface area contributed by atoms with Gasteiger partial charge in [-0.15, -0.1) is 0 Å². The van der Waals surface area contributed by atoms with E-state index in [2.05, 4.69) is 25.7 Å². The smallest absolute Gasteiger partial charge is 0.00992 e. The molecule has 0 saturated heterocycles. The van der Waals surface area contributed by atoms with E-state index in [-0.39, 0.29) is 0 Å². The third kappa shape index (κ3) is 4.98. The fourth-order valence-corrected chi connectivity index (χ4v) is 2.16. The second-order valence-corrected chi connectivity index (χ2v) is 5.43. The molecule has 90 valence electrons. The van der Waals surface area contributed by atoms with Crippen LogP contribution in [-0.4, -0.2) is 30.1 Å². The van der Waals surface area contributed by atoms with Crippen molar-refractivity contribution in [2.24, 2.45) is 11.7 Å². The molecule has 1 saturated carbocycles. The second kappa shape index (κ2) is 6.49. The molecule has 1 aliphatic rings. The van der Waals surface area contributed by atoms with Gasteiger partial charge in [0.2, 0.25) is 0 Å². The first kappa shape index (κ1) is 13.0. The summed E-state index contributed by atoms with van der Waals surface area (Å²) >= 11 is 0. The molecule has 0 aromatic rings. The molecule has 2 nitrogen and oxygen atoms in total. The van der Waals surface area contributed by atoms with Crippen LogP contribution in [0.15, 0.2) is 0 Å². The molecular weight excluding hydrogens is 184 g/mol. The van der Waals surface area contributed by atoms with E-state index in [0.29, 0.717) is 0 Å². The molecule has 0 amide bonds. The van der Waals surface area contributed by atoms with E-state index in [9.17, 15) is 0 Å². The van der Waals surface area contributed by atoms with Crippen LogP contribution in [0, 0.1) is 5.92 Å². The van der Waals surface area contributed by atoms with E-state index >= 15 is 0 Å². The van der Waals surface area contributed by atoms with Crippen molar-refractivity contribution >= 4 is 0 Å². The Morgan fingerprint density at radius 2 is 1.87 bits per heavy atom. The maximum atomic E-state index is 5.57. The molecule has 0 aliphatic heterocycles. The maximum absolute atomic E-state index is 5.57. The summed E-state index contributed by atoms with van der Waals surface area (Å²) in [6.07, 6.45) is 6.62. The summed E-state index contributed by atoms with van der Waals surface area (Å²) in [4.78, 5) is 2.72. The minimum Gasteiger partial charge on any atom is -0.330 e. The van der Waals surface area contributed by atoms with E-state index < -0.39 is 0 Å². The van der Waals surface area contributed by atoms with Gasteiger partial charge >= 0.3 is 0 Å². The Morgan fingerprint density at radius 1 is 1.20 bits per heavy atom. The van der Waals surface area contributed by atoms with Crippen LogP contribution in [0.5, 0.6) is 0 Å². The number of rotatable bonds is 8. The zero-order chi connectivity index (χ0) is 11.3. The molecule has 1 aliphatic carbocycles. The van der Waals surface area contributed by atoms with Crippen molar-refractivity contribution in [1.82, 2.24) is 4.90 Å². The van der Waals surface area contributed by atoms with Crippen LogP contribution in [0.25, 0.3) is 0 Å². The molecule has 0 aromatic heterocycles. The van der Waals surface area contributed by atoms with Crippen LogP contribution in [0.1, 0.15) is 52.9 Å². The van der Waals surface area contributed by atoms with Crippen LogP contribution >= 0.6 is 0 Å². The van der Waals surface area contributed by atoms with Gasteiger partial charge in [0.25, 0.3) is 0 Å². The van der Waals surface area contributed by atoms with Gasteiger partial charge in [0.05, 0.1) is 0 Å². The van der Waals surface area contributed by atoms with Crippen molar-refractivity contribution in [3.8, 4) is 0 Å². The molecule has 15 heavy (non-hydrogen) atoms. The molecular formula is C13H28N2. The third-order valence-electron chi connectivity index (χ3n) is 3.37. The standard InChI is InChI=1S/C13H28N2/c1-11(2)8-10-15(13-6-7-13)12(3)5-4-9-14/h11-13H,4-10,14H2,1-3H3. The van der Waals surface area contributed by atoms with Crippen LogP contribution in [0.2, 0.25) is 0 Å². The largest absolute Gasteiger partial charge is 0.330 e. The molecule has 1 rings (SSSR count). The van der Waals surface area contributed by atoms with Crippen LogP contribution in [0.4, 0.5) is 0 Å². The lowest BCUT2D eigenvalue weighted by Gasteiger charge is -2.29. The SMILES string of the molecule is CC(C)CCN(C(C)CCCN)C1CC1. The van der Waals surface area contributed by atoms with Gasteiger partial charge in [-0.3, -0.25) is 4.90 Å². The maximum Gasteiger partial charge on any atom is 0.00992 e. The first-order valence-electron chi connectivity index (χ1n) is 6.61. The summed E-state index contributed by atoms with van der Waals surface area (Å²) < 4.78 is 0. The van der Waals surface area contributed by atoms with Crippen molar-refractivity contribution in [2.75, 3.05) is 13.1 Å². The lowest BCUT2D eigenvalue weighted by Crippen LogP contribution is -2.36. The highest BCUT2D eigenvalue weighted by Crippen LogP contribution is 2.30. The molecule has 0 bridgehead atoms. The van der Waals surface area contributed by atoms with Crippen LogP contribution in [0.3, 0.4) is 0 Å². The van der Waals surface area contributed by atoms with Gasteiger partial charge in [-0.1, -0.05) is 13.8 Å². The van der Waals surface area contributed by atoms with Crippen molar-refractivity contribution < 1.29 is 0 Å². The van der Waals surface area contributed by atoms with E-state index in [1.165, 1.54) is 38.6 Å². The van der Waals surface area contributed by atoms with Crippen molar-refractivity contribution in [3.05, 3.63) is 0 Å². The summed E-state index contributed by atoms with van der Waals surface area (Å²) in [7, 11) is 0. The van der Waals surface area contributed by atoms with Gasteiger partial charge in [-0.05, 0) is 58.0 Å². The van der Waals surface area contributed by atoms with Crippen molar-refractivity contribution in [3.63, 3.8) is 0 Å². The predicted molar refractivity (Wildman–Crippen MR) is 66.9 cm³/mol. The average Bonchev–Trinajstić information content (AvgIpc) is 2.98.